The van der Waals surface area contributed by atoms with E-state index in [2.05, 4.69) is 23.9 Å². The molecule has 18 heavy (non-hydrogen) atoms. The summed E-state index contributed by atoms with van der Waals surface area (Å²) in [5.74, 6) is 0.537. The quantitative estimate of drug-likeness (QED) is 0.784. The molecule has 1 aliphatic rings. The summed E-state index contributed by atoms with van der Waals surface area (Å²) in [7, 11) is 4.29. The number of piperidine rings is 1. The van der Waals surface area contributed by atoms with Crippen molar-refractivity contribution in [1.29, 1.82) is 0 Å². The Hall–Kier alpha value is -0.440. The van der Waals surface area contributed by atoms with Gasteiger partial charge in [0.25, 0.3) is 0 Å². The fourth-order valence-corrected chi connectivity index (χ4v) is 2.93. The molecule has 0 saturated carbocycles. The maximum absolute atomic E-state index is 6.11. The van der Waals surface area contributed by atoms with Crippen LogP contribution in [0.25, 0.3) is 0 Å². The molecular formula is C14H20Cl2N2. The molecule has 2 rings (SSSR count). The molecule has 1 heterocycles. The van der Waals surface area contributed by atoms with Crippen LogP contribution in [0.1, 0.15) is 18.4 Å². The van der Waals surface area contributed by atoms with E-state index in [9.17, 15) is 0 Å². The van der Waals surface area contributed by atoms with E-state index >= 15 is 0 Å². The third-order valence-corrected chi connectivity index (χ3v) is 4.18. The Bertz CT molecular complexity index is 407. The van der Waals surface area contributed by atoms with E-state index in [0.29, 0.717) is 11.9 Å². The topological polar surface area (TPSA) is 6.48 Å². The van der Waals surface area contributed by atoms with Crippen LogP contribution in [0.4, 0.5) is 5.69 Å². The van der Waals surface area contributed by atoms with Crippen LogP contribution < -0.4 is 4.90 Å². The van der Waals surface area contributed by atoms with Gasteiger partial charge < -0.3 is 9.80 Å². The zero-order chi connectivity index (χ0) is 13.1. The third kappa shape index (κ3) is 3.11. The van der Waals surface area contributed by atoms with Gasteiger partial charge in [-0.25, -0.2) is 0 Å². The molecule has 1 aromatic carbocycles. The average Bonchev–Trinajstić information content (AvgIpc) is 2.39. The molecule has 1 aliphatic heterocycles. The largest absolute Gasteiger partial charge is 0.370 e. The minimum absolute atomic E-state index is 0.537. The molecule has 0 aromatic heterocycles. The Labute approximate surface area is 119 Å². The van der Waals surface area contributed by atoms with E-state index in [4.69, 9.17) is 23.2 Å². The van der Waals surface area contributed by atoms with Crippen molar-refractivity contribution < 1.29 is 0 Å². The number of benzene rings is 1. The van der Waals surface area contributed by atoms with E-state index in [1.165, 1.54) is 24.1 Å². The lowest BCUT2D eigenvalue weighted by Crippen LogP contribution is -2.45. The van der Waals surface area contributed by atoms with Crippen molar-refractivity contribution in [2.45, 2.75) is 24.8 Å². The maximum atomic E-state index is 6.11. The van der Waals surface area contributed by atoms with Crippen LogP contribution in [0.3, 0.4) is 0 Å². The van der Waals surface area contributed by atoms with Gasteiger partial charge in [0.05, 0.1) is 0 Å². The van der Waals surface area contributed by atoms with E-state index in [0.717, 1.165) is 18.1 Å². The summed E-state index contributed by atoms with van der Waals surface area (Å²) in [6.07, 6.45) is 2.48. The molecule has 0 radical (unpaired) electrons. The normalized spacial score (nSPS) is 20.5. The molecule has 1 aromatic rings. The van der Waals surface area contributed by atoms with Crippen LogP contribution >= 0.6 is 23.2 Å². The van der Waals surface area contributed by atoms with Gasteiger partial charge in [0.2, 0.25) is 0 Å². The summed E-state index contributed by atoms with van der Waals surface area (Å²) < 4.78 is 0. The molecule has 0 N–H and O–H groups in total. The van der Waals surface area contributed by atoms with Crippen LogP contribution in [0, 0.1) is 0 Å². The highest BCUT2D eigenvalue weighted by molar-refractivity contribution is 6.31. The molecule has 1 fully saturated rings. The number of hydrogen-bond donors (Lipinski definition) is 0. The van der Waals surface area contributed by atoms with Crippen LogP contribution in [-0.4, -0.2) is 38.1 Å². The monoisotopic (exact) mass is 286 g/mol. The number of alkyl halides is 1. The highest BCUT2D eigenvalue weighted by Gasteiger charge is 2.23. The number of hydrogen-bond acceptors (Lipinski definition) is 2. The average molecular weight is 287 g/mol. The lowest BCUT2D eigenvalue weighted by molar-refractivity contribution is 0.258. The lowest BCUT2D eigenvalue weighted by atomic mass is 10.0. The highest BCUT2D eigenvalue weighted by Crippen LogP contribution is 2.29. The van der Waals surface area contributed by atoms with Crippen LogP contribution in [-0.2, 0) is 5.88 Å². The number of nitrogens with zero attached hydrogens (tertiary/aromatic N) is 2. The third-order valence-electron chi connectivity index (χ3n) is 3.66. The van der Waals surface area contributed by atoms with Crippen molar-refractivity contribution in [2.75, 3.05) is 32.1 Å². The molecule has 0 spiro atoms. The molecule has 100 valence electrons. The molecule has 1 saturated heterocycles. The lowest BCUT2D eigenvalue weighted by Gasteiger charge is -2.38. The smallest absolute Gasteiger partial charge is 0.0494 e. The first-order valence-electron chi connectivity index (χ1n) is 6.37. The summed E-state index contributed by atoms with van der Waals surface area (Å²) in [5, 5.41) is 0.783. The fourth-order valence-electron chi connectivity index (χ4n) is 2.54. The van der Waals surface area contributed by atoms with Crippen molar-refractivity contribution in [3.05, 3.63) is 28.8 Å². The van der Waals surface area contributed by atoms with E-state index in [-0.39, 0.29) is 0 Å². The number of anilines is 1. The predicted octanol–water partition coefficient (Wildman–Crippen LogP) is 3.61. The molecule has 4 heteroatoms. The molecule has 1 atom stereocenters. The molecular weight excluding hydrogens is 267 g/mol. The van der Waals surface area contributed by atoms with Crippen LogP contribution in [0.2, 0.25) is 5.02 Å². The SMILES string of the molecule is CN(C)C1CCCN(c2cc(Cl)ccc2CCl)C1. The number of likely N-dealkylation sites (N-methyl/N-ethyl adjacent to an activating group) is 1. The van der Waals surface area contributed by atoms with E-state index in [1.54, 1.807) is 0 Å². The standard InChI is InChI=1S/C14H20Cl2N2/c1-17(2)13-4-3-7-18(10-13)14-8-12(16)6-5-11(14)9-15/h5-6,8,13H,3-4,7,9-10H2,1-2H3. The number of rotatable bonds is 3. The van der Waals surface area contributed by atoms with Crippen molar-refractivity contribution in [2.24, 2.45) is 0 Å². The first kappa shape index (κ1) is 14.0. The van der Waals surface area contributed by atoms with Gasteiger partial charge in [-0.15, -0.1) is 11.6 Å². The zero-order valence-electron chi connectivity index (χ0n) is 11.0. The Morgan fingerprint density at radius 3 is 2.83 bits per heavy atom. The Morgan fingerprint density at radius 2 is 2.17 bits per heavy atom. The Morgan fingerprint density at radius 1 is 1.39 bits per heavy atom. The predicted molar refractivity (Wildman–Crippen MR) is 79.9 cm³/mol. The highest BCUT2D eigenvalue weighted by atomic mass is 35.5. The second-order valence-electron chi connectivity index (χ2n) is 5.11. The molecule has 0 bridgehead atoms. The van der Waals surface area contributed by atoms with E-state index in [1.807, 2.05) is 18.2 Å². The van der Waals surface area contributed by atoms with Crippen LogP contribution in [0.15, 0.2) is 18.2 Å². The second-order valence-corrected chi connectivity index (χ2v) is 5.82. The summed E-state index contributed by atoms with van der Waals surface area (Å²) >= 11 is 12.1. The van der Waals surface area contributed by atoms with Gasteiger partial charge in [0, 0.05) is 35.7 Å². The molecule has 0 amide bonds. The summed E-state index contributed by atoms with van der Waals surface area (Å²) in [4.78, 5) is 4.72. The van der Waals surface area contributed by atoms with Crippen molar-refractivity contribution in [3.8, 4) is 0 Å². The molecule has 0 aliphatic carbocycles. The Kier molecular flexibility index (Phi) is 4.77. The van der Waals surface area contributed by atoms with Gasteiger partial charge in [0.1, 0.15) is 0 Å². The first-order chi connectivity index (χ1) is 8.61. The first-order valence-corrected chi connectivity index (χ1v) is 7.29. The second kappa shape index (κ2) is 6.14. The minimum atomic E-state index is 0.537. The van der Waals surface area contributed by atoms with Gasteiger partial charge in [-0.1, -0.05) is 17.7 Å². The zero-order valence-corrected chi connectivity index (χ0v) is 12.5. The van der Waals surface area contributed by atoms with Crippen molar-refractivity contribution in [3.63, 3.8) is 0 Å². The number of halogens is 2. The minimum Gasteiger partial charge on any atom is -0.370 e. The summed E-state index contributed by atoms with van der Waals surface area (Å²) in [5.41, 5.74) is 2.37. The van der Waals surface area contributed by atoms with Crippen molar-refractivity contribution in [1.82, 2.24) is 4.90 Å². The van der Waals surface area contributed by atoms with Gasteiger partial charge in [-0.05, 0) is 44.6 Å². The van der Waals surface area contributed by atoms with Gasteiger partial charge in [-0.3, -0.25) is 0 Å². The Balaban J connectivity index is 2.22. The molecule has 1 unspecified atom stereocenters. The maximum Gasteiger partial charge on any atom is 0.0494 e. The summed E-state index contributed by atoms with van der Waals surface area (Å²) in [6, 6.07) is 6.60. The van der Waals surface area contributed by atoms with Gasteiger partial charge in [-0.2, -0.15) is 0 Å². The van der Waals surface area contributed by atoms with E-state index < -0.39 is 0 Å². The summed E-state index contributed by atoms with van der Waals surface area (Å²) in [6.45, 7) is 2.14. The molecule has 2 nitrogen and oxygen atoms in total. The van der Waals surface area contributed by atoms with Gasteiger partial charge in [0.15, 0.2) is 0 Å². The van der Waals surface area contributed by atoms with Crippen LogP contribution in [0.5, 0.6) is 0 Å². The van der Waals surface area contributed by atoms with Crippen molar-refractivity contribution >= 4 is 28.9 Å². The van der Waals surface area contributed by atoms with Gasteiger partial charge >= 0.3 is 0 Å². The fraction of sp³-hybridized carbons (Fsp3) is 0.571.